The number of hydrogen-bond donors (Lipinski definition) is 1. The van der Waals surface area contributed by atoms with Gasteiger partial charge in [-0.05, 0) is 35.9 Å². The maximum absolute atomic E-state index is 12.2. The Hall–Kier alpha value is -2.54. The molecule has 0 saturated carbocycles. The highest BCUT2D eigenvalue weighted by atomic mass is 35.5. The van der Waals surface area contributed by atoms with Gasteiger partial charge in [0.1, 0.15) is 5.56 Å². The van der Waals surface area contributed by atoms with Crippen LogP contribution in [0.5, 0.6) is 11.6 Å². The topological polar surface area (TPSA) is 81.5 Å². The van der Waals surface area contributed by atoms with Gasteiger partial charge in [-0.15, -0.1) is 10.2 Å². The molecule has 0 atom stereocenters. The van der Waals surface area contributed by atoms with Gasteiger partial charge in [0.05, 0.1) is 29.5 Å². The van der Waals surface area contributed by atoms with Gasteiger partial charge in [0.15, 0.2) is 5.75 Å². The summed E-state index contributed by atoms with van der Waals surface area (Å²) in [6, 6.07) is 11.8. The van der Waals surface area contributed by atoms with E-state index in [9.17, 15) is 9.90 Å². The summed E-state index contributed by atoms with van der Waals surface area (Å²) in [5, 5.41) is 18.5. The standard InChI is InChI=1S/C20H15Cl3N2O4/c1-28-20(27)14-10-17(12-8-15(22)18(26)16(23)9-12)24-25-19(14)29-7-6-11-2-4-13(21)5-3-11/h2-5,8-10,26H,6-7H2,1H3. The first-order valence-corrected chi connectivity index (χ1v) is 9.54. The molecule has 0 amide bonds. The van der Waals surface area contributed by atoms with Crippen molar-refractivity contribution in [2.24, 2.45) is 0 Å². The SMILES string of the molecule is COC(=O)c1cc(-c2cc(Cl)c(O)c(Cl)c2)nnc1OCCc1ccc(Cl)cc1. The number of hydrogen-bond acceptors (Lipinski definition) is 6. The first kappa shape index (κ1) is 21.2. The van der Waals surface area contributed by atoms with Crippen molar-refractivity contribution in [2.75, 3.05) is 13.7 Å². The summed E-state index contributed by atoms with van der Waals surface area (Å²) < 4.78 is 10.5. The summed E-state index contributed by atoms with van der Waals surface area (Å²) in [5.74, 6) is -0.815. The average molecular weight is 454 g/mol. The lowest BCUT2D eigenvalue weighted by Gasteiger charge is -2.11. The third-order valence-electron chi connectivity index (χ3n) is 4.02. The fourth-order valence-corrected chi connectivity index (χ4v) is 3.13. The monoisotopic (exact) mass is 452 g/mol. The van der Waals surface area contributed by atoms with E-state index in [0.717, 1.165) is 5.56 Å². The molecule has 1 heterocycles. The first-order chi connectivity index (χ1) is 13.9. The predicted molar refractivity (Wildman–Crippen MR) is 111 cm³/mol. The van der Waals surface area contributed by atoms with Gasteiger partial charge in [0, 0.05) is 17.0 Å². The number of phenolic OH excluding ortho intramolecular Hbond substituents is 1. The molecule has 0 unspecified atom stereocenters. The van der Waals surface area contributed by atoms with Crippen molar-refractivity contribution >= 4 is 40.8 Å². The molecule has 1 aromatic heterocycles. The van der Waals surface area contributed by atoms with Gasteiger partial charge in [-0.3, -0.25) is 0 Å². The second kappa shape index (κ2) is 9.31. The Morgan fingerprint density at radius 1 is 1.03 bits per heavy atom. The highest BCUT2D eigenvalue weighted by molar-refractivity contribution is 6.37. The van der Waals surface area contributed by atoms with Crippen molar-refractivity contribution in [3.05, 3.63) is 68.7 Å². The van der Waals surface area contributed by atoms with Gasteiger partial charge in [-0.2, -0.15) is 0 Å². The Bertz CT molecular complexity index is 1020. The van der Waals surface area contributed by atoms with Gasteiger partial charge in [-0.1, -0.05) is 46.9 Å². The maximum atomic E-state index is 12.2. The lowest BCUT2D eigenvalue weighted by atomic mass is 10.1. The zero-order chi connectivity index (χ0) is 21.0. The number of nitrogens with zero attached hydrogens (tertiary/aromatic N) is 2. The fourth-order valence-electron chi connectivity index (χ4n) is 2.51. The number of methoxy groups -OCH3 is 1. The van der Waals surface area contributed by atoms with Crippen molar-refractivity contribution in [1.82, 2.24) is 10.2 Å². The number of halogens is 3. The van der Waals surface area contributed by atoms with Crippen LogP contribution < -0.4 is 4.74 Å². The molecule has 9 heteroatoms. The van der Waals surface area contributed by atoms with Crippen LogP contribution in [-0.4, -0.2) is 35.0 Å². The molecule has 0 fully saturated rings. The fraction of sp³-hybridized carbons (Fsp3) is 0.150. The number of aromatic hydroxyl groups is 1. The Labute approximate surface area is 182 Å². The van der Waals surface area contributed by atoms with E-state index < -0.39 is 5.97 Å². The molecule has 0 bridgehead atoms. The Morgan fingerprint density at radius 3 is 2.31 bits per heavy atom. The van der Waals surface area contributed by atoms with Crippen LogP contribution in [0.25, 0.3) is 11.3 Å². The van der Waals surface area contributed by atoms with Crippen molar-refractivity contribution in [3.63, 3.8) is 0 Å². The third-order valence-corrected chi connectivity index (χ3v) is 4.85. The number of aromatic nitrogens is 2. The molecule has 150 valence electrons. The second-order valence-corrected chi connectivity index (χ2v) is 7.20. The molecule has 6 nitrogen and oxygen atoms in total. The highest BCUT2D eigenvalue weighted by Gasteiger charge is 2.19. The summed E-state index contributed by atoms with van der Waals surface area (Å²) in [5.41, 5.74) is 1.92. The molecule has 0 aliphatic carbocycles. The van der Waals surface area contributed by atoms with Crippen molar-refractivity contribution in [3.8, 4) is 22.9 Å². The summed E-state index contributed by atoms with van der Waals surface area (Å²) in [6.45, 7) is 0.274. The van der Waals surface area contributed by atoms with Crippen LogP contribution in [0, 0.1) is 0 Å². The lowest BCUT2D eigenvalue weighted by molar-refractivity contribution is 0.0594. The Balaban J connectivity index is 1.84. The maximum Gasteiger partial charge on any atom is 0.343 e. The summed E-state index contributed by atoms with van der Waals surface area (Å²) in [4.78, 5) is 12.2. The molecule has 0 aliphatic rings. The van der Waals surface area contributed by atoms with E-state index in [1.54, 1.807) is 12.1 Å². The number of ether oxygens (including phenoxy) is 2. The summed E-state index contributed by atoms with van der Waals surface area (Å²) in [6.07, 6.45) is 0.588. The van der Waals surface area contributed by atoms with Crippen LogP contribution in [0.4, 0.5) is 0 Å². The molecular formula is C20H15Cl3N2O4. The molecule has 3 rings (SSSR count). The van der Waals surface area contributed by atoms with Gasteiger partial charge in [0.2, 0.25) is 5.88 Å². The molecular weight excluding hydrogens is 439 g/mol. The number of rotatable bonds is 6. The molecule has 3 aromatic rings. The number of carbonyl (C=O) groups is 1. The summed E-state index contributed by atoms with van der Waals surface area (Å²) in [7, 11) is 1.26. The van der Waals surface area contributed by atoms with E-state index in [0.29, 0.717) is 22.7 Å². The average Bonchev–Trinajstić information content (AvgIpc) is 2.72. The molecule has 1 N–H and O–H groups in total. The van der Waals surface area contributed by atoms with Crippen molar-refractivity contribution < 1.29 is 19.4 Å². The van der Waals surface area contributed by atoms with Crippen molar-refractivity contribution in [2.45, 2.75) is 6.42 Å². The van der Waals surface area contributed by atoms with E-state index in [-0.39, 0.29) is 33.8 Å². The number of benzene rings is 2. The van der Waals surface area contributed by atoms with E-state index >= 15 is 0 Å². The predicted octanol–water partition coefficient (Wildman–Crippen LogP) is 5.22. The van der Waals surface area contributed by atoms with Crippen LogP contribution in [0.15, 0.2) is 42.5 Å². The lowest BCUT2D eigenvalue weighted by Crippen LogP contribution is -2.11. The van der Waals surface area contributed by atoms with E-state index in [4.69, 9.17) is 44.3 Å². The number of esters is 1. The van der Waals surface area contributed by atoms with Gasteiger partial charge in [0.25, 0.3) is 0 Å². The van der Waals surface area contributed by atoms with E-state index in [1.807, 2.05) is 12.1 Å². The quantitative estimate of drug-likeness (QED) is 0.516. The molecule has 0 spiro atoms. The third kappa shape index (κ3) is 5.09. The van der Waals surface area contributed by atoms with Gasteiger partial charge < -0.3 is 14.6 Å². The minimum Gasteiger partial charge on any atom is -0.505 e. The smallest absolute Gasteiger partial charge is 0.343 e. The van der Waals surface area contributed by atoms with Crippen LogP contribution >= 0.6 is 34.8 Å². The molecule has 29 heavy (non-hydrogen) atoms. The molecule has 0 aliphatic heterocycles. The van der Waals surface area contributed by atoms with Gasteiger partial charge in [-0.25, -0.2) is 4.79 Å². The Kier molecular flexibility index (Phi) is 6.79. The first-order valence-electron chi connectivity index (χ1n) is 8.40. The molecule has 0 saturated heterocycles. The van der Waals surface area contributed by atoms with E-state index in [2.05, 4.69) is 10.2 Å². The summed E-state index contributed by atoms with van der Waals surface area (Å²) >= 11 is 17.8. The number of carbonyl (C=O) groups excluding carboxylic acids is 1. The normalized spacial score (nSPS) is 10.6. The molecule has 2 aromatic carbocycles. The highest BCUT2D eigenvalue weighted by Crippen LogP contribution is 2.36. The van der Waals surface area contributed by atoms with Crippen LogP contribution in [0.2, 0.25) is 15.1 Å². The zero-order valence-electron chi connectivity index (χ0n) is 15.2. The van der Waals surface area contributed by atoms with Crippen molar-refractivity contribution in [1.29, 1.82) is 0 Å². The van der Waals surface area contributed by atoms with E-state index in [1.165, 1.54) is 25.3 Å². The minimum absolute atomic E-state index is 0.0468. The molecule has 0 radical (unpaired) electrons. The largest absolute Gasteiger partial charge is 0.505 e. The zero-order valence-corrected chi connectivity index (χ0v) is 17.4. The number of phenols is 1. The van der Waals surface area contributed by atoms with Gasteiger partial charge >= 0.3 is 5.97 Å². The van der Waals surface area contributed by atoms with Crippen LogP contribution in [0.1, 0.15) is 15.9 Å². The Morgan fingerprint density at radius 2 is 1.69 bits per heavy atom. The minimum atomic E-state index is -0.626. The second-order valence-electron chi connectivity index (χ2n) is 5.95. The van der Waals surface area contributed by atoms with Crippen LogP contribution in [0.3, 0.4) is 0 Å². The van der Waals surface area contributed by atoms with Crippen LogP contribution in [-0.2, 0) is 11.2 Å².